The van der Waals surface area contributed by atoms with Gasteiger partial charge < -0.3 is 9.47 Å². The number of fused-ring (bicyclic) bond motifs is 1. The third-order valence-electron chi connectivity index (χ3n) is 4.95. The van der Waals surface area contributed by atoms with Gasteiger partial charge in [0.05, 0.1) is 17.0 Å². The number of aromatic nitrogens is 3. The summed E-state index contributed by atoms with van der Waals surface area (Å²) in [5, 5.41) is 1.42. The van der Waals surface area contributed by atoms with Crippen molar-refractivity contribution in [2.45, 2.75) is 51.0 Å². The van der Waals surface area contributed by atoms with Gasteiger partial charge in [-0.05, 0) is 45.1 Å². The first-order chi connectivity index (χ1) is 10.9. The second kappa shape index (κ2) is 6.50. The fraction of sp³-hybridized carbons (Fsp3) is 0.647. The van der Waals surface area contributed by atoms with E-state index < -0.39 is 0 Å². The van der Waals surface area contributed by atoms with Crippen LogP contribution < -0.4 is 0 Å². The minimum Gasteiger partial charge on any atom is -0.336 e. The molecule has 0 spiro atoms. The molecule has 3 heterocycles. The molecule has 22 heavy (non-hydrogen) atoms. The maximum absolute atomic E-state index is 5.00. The molecule has 5 heteroatoms. The van der Waals surface area contributed by atoms with Crippen LogP contribution in [-0.4, -0.2) is 39.1 Å². The third kappa shape index (κ3) is 3.10. The number of hydrogen-bond donors (Lipinski definition) is 0. The molecule has 118 valence electrons. The Labute approximate surface area is 136 Å². The Bertz CT molecular complexity index is 581. The van der Waals surface area contributed by atoms with Crippen LogP contribution in [0.5, 0.6) is 0 Å². The van der Waals surface area contributed by atoms with Crippen LogP contribution in [-0.2, 0) is 19.4 Å². The van der Waals surface area contributed by atoms with Gasteiger partial charge in [0.1, 0.15) is 0 Å². The standard InChI is InChI=1S/C17H24N4S/c1-2-6-16-15(5-1)19-17(22-16)14-4-3-8-20(12-14)10-11-21-9-7-18-13-21/h7,9,13-14H,1-6,8,10-12H2/t14-/m0/s1. The molecule has 0 unspecified atom stereocenters. The van der Waals surface area contributed by atoms with E-state index in [4.69, 9.17) is 4.98 Å². The molecule has 0 amide bonds. The zero-order chi connectivity index (χ0) is 14.8. The van der Waals surface area contributed by atoms with Crippen LogP contribution in [0, 0.1) is 0 Å². The molecule has 0 saturated carbocycles. The van der Waals surface area contributed by atoms with Gasteiger partial charge in [0.2, 0.25) is 0 Å². The average molecular weight is 316 g/mol. The third-order valence-corrected chi connectivity index (χ3v) is 6.27. The van der Waals surface area contributed by atoms with Gasteiger partial charge in [-0.3, -0.25) is 0 Å². The highest BCUT2D eigenvalue weighted by Crippen LogP contribution is 2.34. The number of hydrogen-bond acceptors (Lipinski definition) is 4. The number of nitrogens with zero attached hydrogens (tertiary/aromatic N) is 4. The van der Waals surface area contributed by atoms with E-state index in [1.165, 1.54) is 62.3 Å². The SMILES string of the molecule is c1cn(CCN2CCC[C@H](c3nc4c(s3)CCCC4)C2)cn1. The molecule has 4 nitrogen and oxygen atoms in total. The molecule has 0 radical (unpaired) electrons. The Morgan fingerprint density at radius 2 is 2.14 bits per heavy atom. The van der Waals surface area contributed by atoms with Crippen LogP contribution in [0.3, 0.4) is 0 Å². The first-order valence-corrected chi connectivity index (χ1v) is 9.37. The maximum Gasteiger partial charge on any atom is 0.0974 e. The molecule has 1 saturated heterocycles. The fourth-order valence-electron chi connectivity index (χ4n) is 3.68. The van der Waals surface area contributed by atoms with Gasteiger partial charge in [-0.15, -0.1) is 11.3 Å². The normalized spacial score (nSPS) is 22.6. The second-order valence-corrected chi connectivity index (χ2v) is 7.68. The highest BCUT2D eigenvalue weighted by atomic mass is 32.1. The molecule has 0 bridgehead atoms. The van der Waals surface area contributed by atoms with Crippen LogP contribution in [0.1, 0.15) is 47.2 Å². The number of piperidine rings is 1. The number of likely N-dealkylation sites (tertiary alicyclic amines) is 1. The summed E-state index contributed by atoms with van der Waals surface area (Å²) < 4.78 is 2.17. The lowest BCUT2D eigenvalue weighted by Crippen LogP contribution is -2.36. The summed E-state index contributed by atoms with van der Waals surface area (Å²) in [6.07, 6.45) is 13.6. The summed E-state index contributed by atoms with van der Waals surface area (Å²) in [6, 6.07) is 0. The van der Waals surface area contributed by atoms with E-state index in [1.54, 1.807) is 4.88 Å². The molecule has 2 aliphatic rings. The molecule has 2 aromatic rings. The zero-order valence-electron chi connectivity index (χ0n) is 13.1. The average Bonchev–Trinajstić information content (AvgIpc) is 3.22. The largest absolute Gasteiger partial charge is 0.336 e. The van der Waals surface area contributed by atoms with E-state index in [0.29, 0.717) is 5.92 Å². The van der Waals surface area contributed by atoms with Crippen molar-refractivity contribution in [1.82, 2.24) is 19.4 Å². The smallest absolute Gasteiger partial charge is 0.0974 e. The van der Waals surface area contributed by atoms with Crippen molar-refractivity contribution in [3.05, 3.63) is 34.3 Å². The first kappa shape index (κ1) is 14.4. The fourth-order valence-corrected chi connectivity index (χ4v) is 4.96. The molecule has 1 aliphatic heterocycles. The monoisotopic (exact) mass is 316 g/mol. The molecule has 0 aromatic carbocycles. The maximum atomic E-state index is 5.00. The summed E-state index contributed by atoms with van der Waals surface area (Å²) in [5.74, 6) is 0.659. The molecule has 2 aromatic heterocycles. The Morgan fingerprint density at radius 1 is 1.18 bits per heavy atom. The van der Waals surface area contributed by atoms with E-state index in [-0.39, 0.29) is 0 Å². The predicted molar refractivity (Wildman–Crippen MR) is 89.4 cm³/mol. The Balaban J connectivity index is 1.39. The predicted octanol–water partition coefficient (Wildman–Crippen LogP) is 3.10. The van der Waals surface area contributed by atoms with Crippen molar-refractivity contribution in [2.75, 3.05) is 19.6 Å². The van der Waals surface area contributed by atoms with Gasteiger partial charge in [-0.1, -0.05) is 0 Å². The van der Waals surface area contributed by atoms with Crippen molar-refractivity contribution in [1.29, 1.82) is 0 Å². The lowest BCUT2D eigenvalue weighted by molar-refractivity contribution is 0.201. The minimum absolute atomic E-state index is 0.659. The van der Waals surface area contributed by atoms with E-state index >= 15 is 0 Å². The Hall–Kier alpha value is -1.20. The first-order valence-electron chi connectivity index (χ1n) is 8.55. The van der Waals surface area contributed by atoms with Crippen molar-refractivity contribution in [3.63, 3.8) is 0 Å². The molecule has 4 rings (SSSR count). The summed E-state index contributed by atoms with van der Waals surface area (Å²) in [7, 11) is 0. The second-order valence-electron chi connectivity index (χ2n) is 6.57. The van der Waals surface area contributed by atoms with Gasteiger partial charge in [-0.25, -0.2) is 9.97 Å². The number of rotatable bonds is 4. The van der Waals surface area contributed by atoms with Gasteiger partial charge in [-0.2, -0.15) is 0 Å². The van der Waals surface area contributed by atoms with E-state index in [1.807, 2.05) is 23.9 Å². The topological polar surface area (TPSA) is 34.0 Å². The van der Waals surface area contributed by atoms with Crippen LogP contribution >= 0.6 is 11.3 Å². The van der Waals surface area contributed by atoms with Crippen LogP contribution in [0.15, 0.2) is 18.7 Å². The van der Waals surface area contributed by atoms with Gasteiger partial charge in [0.15, 0.2) is 0 Å². The van der Waals surface area contributed by atoms with E-state index in [0.717, 1.165) is 13.1 Å². The van der Waals surface area contributed by atoms with E-state index in [9.17, 15) is 0 Å². The molecule has 1 atom stereocenters. The van der Waals surface area contributed by atoms with Crippen LogP contribution in [0.4, 0.5) is 0 Å². The van der Waals surface area contributed by atoms with Gasteiger partial charge >= 0.3 is 0 Å². The highest BCUT2D eigenvalue weighted by Gasteiger charge is 2.25. The molecule has 1 fully saturated rings. The van der Waals surface area contributed by atoms with Crippen molar-refractivity contribution >= 4 is 11.3 Å². The summed E-state index contributed by atoms with van der Waals surface area (Å²) >= 11 is 2.01. The Morgan fingerprint density at radius 3 is 3.00 bits per heavy atom. The van der Waals surface area contributed by atoms with Gasteiger partial charge in [0.25, 0.3) is 0 Å². The summed E-state index contributed by atoms with van der Waals surface area (Å²) in [4.78, 5) is 13.3. The molecule has 0 N–H and O–H groups in total. The highest BCUT2D eigenvalue weighted by molar-refractivity contribution is 7.11. The number of aryl methyl sites for hydroxylation is 2. The van der Waals surface area contributed by atoms with Crippen molar-refractivity contribution < 1.29 is 0 Å². The summed E-state index contributed by atoms with van der Waals surface area (Å²) in [6.45, 7) is 4.58. The van der Waals surface area contributed by atoms with E-state index in [2.05, 4.69) is 20.6 Å². The number of imidazole rings is 1. The minimum atomic E-state index is 0.659. The lowest BCUT2D eigenvalue weighted by Gasteiger charge is -2.31. The van der Waals surface area contributed by atoms with Crippen LogP contribution in [0.2, 0.25) is 0 Å². The van der Waals surface area contributed by atoms with Gasteiger partial charge in [0, 0.05) is 42.8 Å². The summed E-state index contributed by atoms with van der Waals surface area (Å²) in [5.41, 5.74) is 1.42. The lowest BCUT2D eigenvalue weighted by atomic mass is 9.98. The quantitative estimate of drug-likeness (QED) is 0.869. The Kier molecular flexibility index (Phi) is 4.26. The zero-order valence-corrected chi connectivity index (χ0v) is 13.9. The molecular weight excluding hydrogens is 292 g/mol. The van der Waals surface area contributed by atoms with Crippen molar-refractivity contribution in [3.8, 4) is 0 Å². The van der Waals surface area contributed by atoms with Crippen LogP contribution in [0.25, 0.3) is 0 Å². The van der Waals surface area contributed by atoms with Crippen molar-refractivity contribution in [2.24, 2.45) is 0 Å². The number of thiazole rings is 1. The molecular formula is C17H24N4S. The molecule has 1 aliphatic carbocycles.